The second kappa shape index (κ2) is 14.0. The second-order valence-corrected chi connectivity index (χ2v) is 14.0. The van der Waals surface area contributed by atoms with Gasteiger partial charge in [-0.05, 0) is 101 Å². The van der Waals surface area contributed by atoms with Crippen molar-refractivity contribution < 1.29 is 0 Å². The van der Waals surface area contributed by atoms with Gasteiger partial charge in [0.1, 0.15) is 0 Å². The van der Waals surface area contributed by atoms with Crippen molar-refractivity contribution in [3.63, 3.8) is 0 Å². The van der Waals surface area contributed by atoms with Gasteiger partial charge in [0.25, 0.3) is 0 Å². The number of aromatic nitrogens is 1. The van der Waals surface area contributed by atoms with Crippen LogP contribution in [0.2, 0.25) is 0 Å². The molecule has 0 N–H and O–H groups in total. The average Bonchev–Trinajstić information content (AvgIpc) is 3.72. The maximum Gasteiger partial charge on any atom is 0.0535 e. The summed E-state index contributed by atoms with van der Waals surface area (Å²) in [6.45, 7) is 0. The van der Waals surface area contributed by atoms with Gasteiger partial charge in [-0.15, -0.1) is 0 Å². The summed E-state index contributed by atoms with van der Waals surface area (Å²) in [7, 11) is 0. The molecule has 258 valence electrons. The Morgan fingerprint density at radius 2 is 0.582 bits per heavy atom. The molecule has 0 aliphatic heterocycles. The van der Waals surface area contributed by atoms with Gasteiger partial charge in [0.2, 0.25) is 0 Å². The van der Waals surface area contributed by atoms with E-state index < -0.39 is 0 Å². The lowest BCUT2D eigenvalue weighted by Gasteiger charge is -2.22. The Bertz CT molecular complexity index is 2880. The summed E-state index contributed by atoms with van der Waals surface area (Å²) in [4.78, 5) is 0. The maximum absolute atomic E-state index is 2.44. The van der Waals surface area contributed by atoms with Crippen LogP contribution in [0.1, 0.15) is 0 Å². The third kappa shape index (κ3) is 5.75. The molecule has 0 bridgehead atoms. The highest BCUT2D eigenvalue weighted by atomic mass is 15.0. The van der Waals surface area contributed by atoms with E-state index in [4.69, 9.17) is 0 Å². The quantitative estimate of drug-likeness (QED) is 0.146. The highest BCUT2D eigenvalue weighted by Gasteiger charge is 2.22. The van der Waals surface area contributed by atoms with Gasteiger partial charge < -0.3 is 4.57 Å². The summed E-state index contributed by atoms with van der Waals surface area (Å²) >= 11 is 0. The Balaban J connectivity index is 1.35. The van der Waals surface area contributed by atoms with Crippen LogP contribution in [-0.4, -0.2) is 4.57 Å². The Labute approximate surface area is 322 Å². The fourth-order valence-electron chi connectivity index (χ4n) is 8.41. The largest absolute Gasteiger partial charge is 0.309 e. The molecule has 0 radical (unpaired) electrons. The first kappa shape index (κ1) is 32.4. The normalized spacial score (nSPS) is 11.3. The summed E-state index contributed by atoms with van der Waals surface area (Å²) in [5.41, 5.74) is 15.5. The van der Waals surface area contributed by atoms with Crippen LogP contribution in [0.15, 0.2) is 224 Å². The zero-order chi connectivity index (χ0) is 36.6. The van der Waals surface area contributed by atoms with Gasteiger partial charge in [-0.2, -0.15) is 0 Å². The van der Waals surface area contributed by atoms with Crippen molar-refractivity contribution in [2.24, 2.45) is 0 Å². The van der Waals surface area contributed by atoms with Crippen molar-refractivity contribution in [2.75, 3.05) is 0 Å². The minimum absolute atomic E-state index is 1.12. The number of rotatable bonds is 7. The van der Waals surface area contributed by atoms with Crippen LogP contribution in [-0.2, 0) is 0 Å². The van der Waals surface area contributed by atoms with Crippen LogP contribution in [0, 0.1) is 0 Å². The molecule has 0 aliphatic rings. The summed E-state index contributed by atoms with van der Waals surface area (Å²) in [6, 6.07) is 81.5. The summed E-state index contributed by atoms with van der Waals surface area (Å²) in [6.07, 6.45) is 0. The minimum Gasteiger partial charge on any atom is -0.309 e. The lowest BCUT2D eigenvalue weighted by Crippen LogP contribution is -2.01. The van der Waals surface area contributed by atoms with Crippen molar-refractivity contribution in [1.82, 2.24) is 4.57 Å². The van der Waals surface area contributed by atoms with E-state index in [-0.39, 0.29) is 0 Å². The Morgan fingerprint density at radius 1 is 0.236 bits per heavy atom. The molecule has 10 aromatic rings. The van der Waals surface area contributed by atoms with Crippen LogP contribution < -0.4 is 0 Å². The smallest absolute Gasteiger partial charge is 0.0535 e. The molecule has 0 saturated heterocycles. The third-order valence-electron chi connectivity index (χ3n) is 10.8. The number of hydrogen-bond donors (Lipinski definition) is 0. The maximum atomic E-state index is 2.44. The van der Waals surface area contributed by atoms with Gasteiger partial charge in [-0.3, -0.25) is 0 Å². The Hall–Kier alpha value is -7.22. The van der Waals surface area contributed by atoms with E-state index in [9.17, 15) is 0 Å². The van der Waals surface area contributed by atoms with Gasteiger partial charge in [0.05, 0.1) is 11.4 Å². The van der Waals surface area contributed by atoms with Gasteiger partial charge in [-0.25, -0.2) is 0 Å². The highest BCUT2D eigenvalue weighted by Crippen LogP contribution is 2.48. The molecule has 10 rings (SSSR count). The fraction of sp³-hybridized carbons (Fsp3) is 0. The predicted molar refractivity (Wildman–Crippen MR) is 233 cm³/mol. The SMILES string of the molecule is c1ccc(-c2ccccc2-c2c3ccccc3c(-c3ccccc3-c3ccccc3)c3cc(-n4c(-c5ccccc5)ccc4-c4ccccc4)ccc23)cc1. The summed E-state index contributed by atoms with van der Waals surface area (Å²) in [5.74, 6) is 0. The van der Waals surface area contributed by atoms with Crippen molar-refractivity contribution in [3.8, 4) is 72.7 Å². The summed E-state index contributed by atoms with van der Waals surface area (Å²) < 4.78 is 2.43. The molecule has 0 spiro atoms. The number of hydrogen-bond acceptors (Lipinski definition) is 0. The molecule has 0 aliphatic carbocycles. The average molecular weight is 700 g/mol. The Morgan fingerprint density at radius 3 is 1.04 bits per heavy atom. The molecule has 0 amide bonds. The molecule has 0 atom stereocenters. The molecular formula is C54H37N. The standard InChI is InChI=1S/C54H37N/c1-5-19-38(20-6-1)43-27-13-15-29-45(43)53-47-31-17-18-32-48(47)54(46-30-16-14-28-44(46)39-21-7-2-8-22-39)50-37-42(33-34-49(50)53)55-51(40-23-9-3-10-24-40)35-36-52(55)41-25-11-4-12-26-41/h1-37H. The fourth-order valence-corrected chi connectivity index (χ4v) is 8.41. The topological polar surface area (TPSA) is 4.93 Å². The first-order valence-electron chi connectivity index (χ1n) is 18.9. The lowest BCUT2D eigenvalue weighted by molar-refractivity contribution is 1.10. The van der Waals surface area contributed by atoms with E-state index >= 15 is 0 Å². The first-order chi connectivity index (χ1) is 27.3. The monoisotopic (exact) mass is 699 g/mol. The number of nitrogens with zero attached hydrogens (tertiary/aromatic N) is 1. The van der Waals surface area contributed by atoms with Crippen LogP contribution in [0.3, 0.4) is 0 Å². The minimum atomic E-state index is 1.12. The van der Waals surface area contributed by atoms with Crippen molar-refractivity contribution in [3.05, 3.63) is 224 Å². The second-order valence-electron chi connectivity index (χ2n) is 14.0. The Kier molecular flexibility index (Phi) is 8.24. The van der Waals surface area contributed by atoms with Crippen LogP contribution in [0.4, 0.5) is 0 Å². The zero-order valence-corrected chi connectivity index (χ0v) is 30.3. The van der Waals surface area contributed by atoms with Gasteiger partial charge in [0.15, 0.2) is 0 Å². The van der Waals surface area contributed by atoms with E-state index in [1.54, 1.807) is 0 Å². The molecule has 1 heterocycles. The number of fused-ring (bicyclic) bond motifs is 2. The molecule has 1 aromatic heterocycles. The third-order valence-corrected chi connectivity index (χ3v) is 10.8. The molecule has 0 saturated carbocycles. The van der Waals surface area contributed by atoms with Crippen molar-refractivity contribution in [2.45, 2.75) is 0 Å². The van der Waals surface area contributed by atoms with Crippen LogP contribution in [0.5, 0.6) is 0 Å². The van der Waals surface area contributed by atoms with Gasteiger partial charge >= 0.3 is 0 Å². The summed E-state index contributed by atoms with van der Waals surface area (Å²) in [5, 5.41) is 4.90. The zero-order valence-electron chi connectivity index (χ0n) is 30.3. The van der Waals surface area contributed by atoms with Crippen LogP contribution in [0.25, 0.3) is 94.3 Å². The molecule has 1 nitrogen and oxygen atoms in total. The van der Waals surface area contributed by atoms with E-state index in [0.717, 1.165) is 17.1 Å². The molecule has 0 unspecified atom stereocenters. The van der Waals surface area contributed by atoms with E-state index in [1.165, 1.54) is 77.2 Å². The van der Waals surface area contributed by atoms with Crippen LogP contribution >= 0.6 is 0 Å². The first-order valence-corrected chi connectivity index (χ1v) is 18.9. The molecule has 0 fully saturated rings. The van der Waals surface area contributed by atoms with E-state index in [2.05, 4.69) is 229 Å². The van der Waals surface area contributed by atoms with Crippen molar-refractivity contribution in [1.29, 1.82) is 0 Å². The molecule has 9 aromatic carbocycles. The van der Waals surface area contributed by atoms with Gasteiger partial charge in [0, 0.05) is 5.69 Å². The highest BCUT2D eigenvalue weighted by molar-refractivity contribution is 6.23. The van der Waals surface area contributed by atoms with Gasteiger partial charge in [-0.1, -0.05) is 200 Å². The lowest BCUT2D eigenvalue weighted by atomic mass is 9.82. The van der Waals surface area contributed by atoms with E-state index in [1.807, 2.05) is 0 Å². The predicted octanol–water partition coefficient (Wildman–Crippen LogP) is 14.8. The number of benzene rings is 9. The molecule has 55 heavy (non-hydrogen) atoms. The van der Waals surface area contributed by atoms with E-state index in [0.29, 0.717) is 0 Å². The molecular weight excluding hydrogens is 663 g/mol. The van der Waals surface area contributed by atoms with Crippen molar-refractivity contribution >= 4 is 21.5 Å². The molecule has 1 heteroatoms.